The van der Waals surface area contributed by atoms with E-state index in [1.54, 1.807) is 0 Å². The second-order valence-electron chi connectivity index (χ2n) is 12.2. The van der Waals surface area contributed by atoms with Gasteiger partial charge in [0.05, 0.1) is 0 Å². The molecule has 4 nitrogen and oxygen atoms in total. The second-order valence-corrected chi connectivity index (χ2v) is 12.2. The fraction of sp³-hybridized carbons (Fsp3) is 0.750. The van der Waals surface area contributed by atoms with E-state index in [0.29, 0.717) is 29.9 Å². The average Bonchev–Trinajstić information content (AvgIpc) is 2.96. The highest BCUT2D eigenvalue weighted by molar-refractivity contribution is 5.96. The third-order valence-electron chi connectivity index (χ3n) is 9.83. The van der Waals surface area contributed by atoms with E-state index in [9.17, 15) is 9.59 Å². The molecule has 0 spiro atoms. The Balaban J connectivity index is 1.25. The van der Waals surface area contributed by atoms with Crippen LogP contribution in [0.25, 0.3) is 0 Å². The van der Waals surface area contributed by atoms with Crippen LogP contribution < -0.4 is 4.90 Å². The number of amides is 2. The number of benzene rings is 1. The highest BCUT2D eigenvalue weighted by atomic mass is 16.2. The molecule has 2 amide bonds. The number of hydrogen-bond donors (Lipinski definition) is 0. The standard InChI is InChI=1S/C32H48N2O2/c35-31(33(27-13-5-1-6-14-27)28-15-7-2-8-16-28)25-21-23-26(24-22-25)32(36)34(29-17-9-3-10-18-29)30-19-11-4-12-20-30/h1,5-6,13-14,25-26,28-30H,2-4,7-12,15-24H2. The zero-order chi connectivity index (χ0) is 24.7. The van der Waals surface area contributed by atoms with E-state index in [0.717, 1.165) is 44.2 Å². The fourth-order valence-corrected chi connectivity index (χ4v) is 7.82. The topological polar surface area (TPSA) is 40.6 Å². The van der Waals surface area contributed by atoms with Gasteiger partial charge in [0.1, 0.15) is 0 Å². The first-order valence-electron chi connectivity index (χ1n) is 15.4. The quantitative estimate of drug-likeness (QED) is 0.409. The maximum atomic E-state index is 14.0. The molecule has 198 valence electrons. The maximum Gasteiger partial charge on any atom is 0.230 e. The van der Waals surface area contributed by atoms with Gasteiger partial charge in [-0.1, -0.05) is 76.0 Å². The van der Waals surface area contributed by atoms with E-state index in [2.05, 4.69) is 34.1 Å². The zero-order valence-corrected chi connectivity index (χ0v) is 22.4. The van der Waals surface area contributed by atoms with Crippen molar-refractivity contribution in [2.45, 2.75) is 140 Å². The molecule has 0 saturated heterocycles. The van der Waals surface area contributed by atoms with Gasteiger partial charge in [0.15, 0.2) is 0 Å². The van der Waals surface area contributed by atoms with Crippen molar-refractivity contribution in [2.24, 2.45) is 11.8 Å². The van der Waals surface area contributed by atoms with Gasteiger partial charge in [-0.05, 0) is 76.3 Å². The predicted octanol–water partition coefficient (Wildman–Crippen LogP) is 7.65. The summed E-state index contributed by atoms with van der Waals surface area (Å²) in [6, 6.07) is 11.6. The Labute approximate surface area is 219 Å². The summed E-state index contributed by atoms with van der Waals surface area (Å²) in [5.74, 6) is 0.939. The van der Waals surface area contributed by atoms with Crippen LogP contribution in [0.3, 0.4) is 0 Å². The molecule has 0 atom stereocenters. The number of carbonyl (C=O) groups excluding carboxylic acids is 2. The lowest BCUT2D eigenvalue weighted by atomic mass is 9.79. The lowest BCUT2D eigenvalue weighted by Crippen LogP contribution is -2.52. The van der Waals surface area contributed by atoms with Crippen LogP contribution in [0.4, 0.5) is 5.69 Å². The Morgan fingerprint density at radius 1 is 0.500 bits per heavy atom. The minimum Gasteiger partial charge on any atom is -0.336 e. The molecule has 0 aromatic heterocycles. The number of carbonyl (C=O) groups is 2. The molecule has 0 aliphatic heterocycles. The van der Waals surface area contributed by atoms with Crippen molar-refractivity contribution in [1.82, 2.24) is 4.90 Å². The molecule has 4 fully saturated rings. The molecule has 0 bridgehead atoms. The summed E-state index contributed by atoms with van der Waals surface area (Å²) < 4.78 is 0. The Morgan fingerprint density at radius 3 is 1.39 bits per heavy atom. The molecule has 0 radical (unpaired) electrons. The molecular formula is C32H48N2O2. The van der Waals surface area contributed by atoms with Gasteiger partial charge in [0.25, 0.3) is 0 Å². The van der Waals surface area contributed by atoms with Gasteiger partial charge in [0.2, 0.25) is 11.8 Å². The van der Waals surface area contributed by atoms with Crippen molar-refractivity contribution in [1.29, 1.82) is 0 Å². The van der Waals surface area contributed by atoms with Gasteiger partial charge in [-0.15, -0.1) is 0 Å². The van der Waals surface area contributed by atoms with Crippen LogP contribution >= 0.6 is 0 Å². The molecule has 0 unspecified atom stereocenters. The Morgan fingerprint density at radius 2 is 0.917 bits per heavy atom. The lowest BCUT2D eigenvalue weighted by Gasteiger charge is -2.44. The number of rotatable bonds is 6. The monoisotopic (exact) mass is 492 g/mol. The molecule has 4 aliphatic rings. The van der Waals surface area contributed by atoms with Crippen molar-refractivity contribution < 1.29 is 9.59 Å². The Kier molecular flexibility index (Phi) is 9.03. The van der Waals surface area contributed by atoms with Crippen molar-refractivity contribution >= 4 is 17.5 Å². The summed E-state index contributed by atoms with van der Waals surface area (Å²) in [5.41, 5.74) is 1.06. The molecule has 1 aromatic carbocycles. The fourth-order valence-electron chi connectivity index (χ4n) is 7.82. The minimum atomic E-state index is 0.0639. The molecule has 4 aliphatic carbocycles. The van der Waals surface area contributed by atoms with E-state index in [4.69, 9.17) is 0 Å². The van der Waals surface area contributed by atoms with Crippen molar-refractivity contribution in [3.05, 3.63) is 30.3 Å². The molecule has 4 heteroatoms. The number of anilines is 1. The molecular weight excluding hydrogens is 444 g/mol. The van der Waals surface area contributed by atoms with E-state index < -0.39 is 0 Å². The molecule has 0 N–H and O–H groups in total. The predicted molar refractivity (Wildman–Crippen MR) is 147 cm³/mol. The number of nitrogens with zero attached hydrogens (tertiary/aromatic N) is 2. The minimum absolute atomic E-state index is 0.0639. The molecule has 0 heterocycles. The third kappa shape index (κ3) is 6.00. The van der Waals surface area contributed by atoms with Gasteiger partial charge in [0, 0.05) is 35.6 Å². The smallest absolute Gasteiger partial charge is 0.230 e. The first-order chi connectivity index (χ1) is 17.7. The zero-order valence-electron chi connectivity index (χ0n) is 22.4. The van der Waals surface area contributed by atoms with Gasteiger partial charge in [-0.2, -0.15) is 0 Å². The van der Waals surface area contributed by atoms with Crippen molar-refractivity contribution in [2.75, 3.05) is 4.90 Å². The van der Waals surface area contributed by atoms with Crippen molar-refractivity contribution in [3.8, 4) is 0 Å². The van der Waals surface area contributed by atoms with Crippen molar-refractivity contribution in [3.63, 3.8) is 0 Å². The summed E-state index contributed by atoms with van der Waals surface area (Å²) in [6.07, 6.45) is 22.0. The van der Waals surface area contributed by atoms with Crippen LogP contribution in [0, 0.1) is 11.8 Å². The van der Waals surface area contributed by atoms with Crippen LogP contribution in [0.2, 0.25) is 0 Å². The van der Waals surface area contributed by atoms with Crippen LogP contribution in [0.15, 0.2) is 30.3 Å². The molecule has 36 heavy (non-hydrogen) atoms. The molecule has 1 aromatic rings. The highest BCUT2D eigenvalue weighted by Crippen LogP contribution is 2.38. The van der Waals surface area contributed by atoms with Gasteiger partial charge in [-0.25, -0.2) is 0 Å². The van der Waals surface area contributed by atoms with Gasteiger partial charge in [-0.3, -0.25) is 9.59 Å². The number of para-hydroxylation sites is 1. The number of hydrogen-bond acceptors (Lipinski definition) is 2. The van der Waals surface area contributed by atoms with Crippen LogP contribution in [0.5, 0.6) is 0 Å². The Bertz CT molecular complexity index is 811. The van der Waals surface area contributed by atoms with Gasteiger partial charge < -0.3 is 9.80 Å². The van der Waals surface area contributed by atoms with Crippen LogP contribution in [0.1, 0.15) is 122 Å². The maximum absolute atomic E-state index is 14.0. The van der Waals surface area contributed by atoms with Crippen LogP contribution in [-0.2, 0) is 9.59 Å². The summed E-state index contributed by atoms with van der Waals surface area (Å²) >= 11 is 0. The summed E-state index contributed by atoms with van der Waals surface area (Å²) in [6.45, 7) is 0. The third-order valence-corrected chi connectivity index (χ3v) is 9.83. The SMILES string of the molecule is O=C(C1CCC(C(=O)N(C2CCCCC2)C2CCCCC2)CC1)N(c1ccccc1)C1CCCCC1. The molecule has 5 rings (SSSR count). The summed E-state index contributed by atoms with van der Waals surface area (Å²) in [4.78, 5) is 32.5. The Hall–Kier alpha value is -1.84. The van der Waals surface area contributed by atoms with Crippen LogP contribution in [-0.4, -0.2) is 34.8 Å². The second kappa shape index (κ2) is 12.6. The lowest BCUT2D eigenvalue weighted by molar-refractivity contribution is -0.144. The average molecular weight is 493 g/mol. The summed E-state index contributed by atoms with van der Waals surface area (Å²) in [5, 5.41) is 0. The van der Waals surface area contributed by atoms with E-state index in [1.807, 2.05) is 6.07 Å². The summed E-state index contributed by atoms with van der Waals surface area (Å²) in [7, 11) is 0. The first-order valence-corrected chi connectivity index (χ1v) is 15.4. The van der Waals surface area contributed by atoms with E-state index in [1.165, 1.54) is 83.5 Å². The first kappa shape index (κ1) is 25.8. The normalized spacial score (nSPS) is 26.9. The highest BCUT2D eigenvalue weighted by Gasteiger charge is 2.40. The van der Waals surface area contributed by atoms with Gasteiger partial charge >= 0.3 is 0 Å². The largest absolute Gasteiger partial charge is 0.336 e. The van der Waals surface area contributed by atoms with E-state index in [-0.39, 0.29) is 11.8 Å². The van der Waals surface area contributed by atoms with E-state index >= 15 is 0 Å². The molecule has 4 saturated carbocycles.